The maximum Gasteiger partial charge on any atom is 0.271 e. The topological polar surface area (TPSA) is 105 Å². The molecule has 1 aliphatic heterocycles. The minimum atomic E-state index is -3.52. The molecule has 0 radical (unpaired) electrons. The Hall–Kier alpha value is -1.46. The van der Waals surface area contributed by atoms with Crippen LogP contribution in [0.3, 0.4) is 0 Å². The van der Waals surface area contributed by atoms with E-state index in [1.165, 1.54) is 11.3 Å². The van der Waals surface area contributed by atoms with Crippen molar-refractivity contribution in [3.8, 4) is 0 Å². The summed E-state index contributed by atoms with van der Waals surface area (Å²) in [4.78, 5) is 13.1. The Labute approximate surface area is 169 Å². The monoisotopic (exact) mass is 433 g/mol. The van der Waals surface area contributed by atoms with E-state index in [1.54, 1.807) is 18.2 Å². The van der Waals surface area contributed by atoms with Gasteiger partial charge >= 0.3 is 0 Å². The molecule has 1 saturated heterocycles. The number of rotatable bonds is 7. The number of piperidine rings is 1. The molecule has 1 fully saturated rings. The molecule has 1 amide bonds. The Bertz CT molecular complexity index is 859. The second-order valence-electron chi connectivity index (χ2n) is 6.20. The standard InChI is InChI=1S/C16H23N5O3S2.ClH/c1-12-4-5-15(25-12)26(23,24)19-9-8-18-16(22)14-6-10-21(20-14)13-3-2-7-17-11-13;/h4-6,10,13,17,19H,2-3,7-9,11H2,1H3,(H,18,22);1H. The van der Waals surface area contributed by atoms with E-state index in [-0.39, 0.29) is 41.7 Å². The molecule has 1 aliphatic rings. The molecule has 2 aromatic heterocycles. The van der Waals surface area contributed by atoms with Crippen LogP contribution in [0.25, 0.3) is 0 Å². The third-order valence-electron chi connectivity index (χ3n) is 4.17. The molecule has 0 bridgehead atoms. The van der Waals surface area contributed by atoms with Crippen molar-refractivity contribution in [2.75, 3.05) is 26.2 Å². The van der Waals surface area contributed by atoms with E-state index < -0.39 is 10.0 Å². The maximum absolute atomic E-state index is 12.2. The minimum Gasteiger partial charge on any atom is -0.349 e. The second kappa shape index (κ2) is 9.65. The Morgan fingerprint density at radius 2 is 2.19 bits per heavy atom. The van der Waals surface area contributed by atoms with Crippen molar-refractivity contribution in [1.29, 1.82) is 0 Å². The summed E-state index contributed by atoms with van der Waals surface area (Å²) < 4.78 is 28.8. The van der Waals surface area contributed by atoms with Gasteiger partial charge in [-0.1, -0.05) is 0 Å². The van der Waals surface area contributed by atoms with E-state index in [2.05, 4.69) is 20.5 Å². The summed E-state index contributed by atoms with van der Waals surface area (Å²) in [7, 11) is -3.52. The average molecular weight is 434 g/mol. The van der Waals surface area contributed by atoms with Crippen molar-refractivity contribution >= 4 is 39.7 Å². The van der Waals surface area contributed by atoms with Gasteiger partial charge < -0.3 is 10.6 Å². The number of hydrogen-bond donors (Lipinski definition) is 3. The zero-order valence-electron chi connectivity index (χ0n) is 15.0. The van der Waals surface area contributed by atoms with Gasteiger partial charge in [0.1, 0.15) is 9.90 Å². The van der Waals surface area contributed by atoms with Gasteiger partial charge in [0, 0.05) is 30.7 Å². The molecule has 8 nitrogen and oxygen atoms in total. The number of amides is 1. The summed E-state index contributed by atoms with van der Waals surface area (Å²) in [5.41, 5.74) is 0.340. The highest BCUT2D eigenvalue weighted by Gasteiger charge is 2.18. The number of nitrogens with one attached hydrogen (secondary N) is 3. The van der Waals surface area contributed by atoms with Gasteiger partial charge in [-0.25, -0.2) is 13.1 Å². The molecule has 11 heteroatoms. The maximum atomic E-state index is 12.2. The normalized spacial score (nSPS) is 17.3. The van der Waals surface area contributed by atoms with E-state index in [4.69, 9.17) is 0 Å². The van der Waals surface area contributed by atoms with Crippen molar-refractivity contribution in [3.63, 3.8) is 0 Å². The van der Waals surface area contributed by atoms with E-state index in [9.17, 15) is 13.2 Å². The fourth-order valence-corrected chi connectivity index (χ4v) is 5.16. The summed E-state index contributed by atoms with van der Waals surface area (Å²) in [6.45, 7) is 4.05. The summed E-state index contributed by atoms with van der Waals surface area (Å²) >= 11 is 1.22. The molecule has 3 rings (SSSR count). The van der Waals surface area contributed by atoms with Gasteiger partial charge in [0.2, 0.25) is 10.0 Å². The van der Waals surface area contributed by atoms with Gasteiger partial charge in [0.05, 0.1) is 6.04 Å². The van der Waals surface area contributed by atoms with Crippen LogP contribution in [-0.2, 0) is 10.0 Å². The van der Waals surface area contributed by atoms with Crippen LogP contribution in [0.1, 0.15) is 34.2 Å². The Morgan fingerprint density at radius 3 is 2.85 bits per heavy atom. The highest BCUT2D eigenvalue weighted by atomic mass is 35.5. The summed E-state index contributed by atoms with van der Waals surface area (Å²) in [5, 5.41) is 10.3. The van der Waals surface area contributed by atoms with Crippen LogP contribution in [0, 0.1) is 6.92 Å². The smallest absolute Gasteiger partial charge is 0.271 e. The highest BCUT2D eigenvalue weighted by molar-refractivity contribution is 7.91. The zero-order valence-corrected chi connectivity index (χ0v) is 17.4. The van der Waals surface area contributed by atoms with E-state index in [1.807, 2.05) is 17.8 Å². The first-order valence-electron chi connectivity index (χ1n) is 8.56. The molecular formula is C16H24ClN5O3S2. The number of carbonyl (C=O) groups is 1. The number of sulfonamides is 1. The van der Waals surface area contributed by atoms with Crippen LogP contribution < -0.4 is 15.4 Å². The first kappa shape index (κ1) is 21.8. The van der Waals surface area contributed by atoms with Gasteiger partial charge in [0.15, 0.2) is 0 Å². The van der Waals surface area contributed by atoms with Crippen LogP contribution in [0.15, 0.2) is 28.6 Å². The van der Waals surface area contributed by atoms with Gasteiger partial charge in [-0.3, -0.25) is 9.48 Å². The van der Waals surface area contributed by atoms with Crippen LogP contribution in [-0.4, -0.2) is 50.3 Å². The summed E-state index contributed by atoms with van der Waals surface area (Å²) in [6, 6.07) is 5.29. The Balaban J connectivity index is 0.00000261. The first-order chi connectivity index (χ1) is 12.5. The van der Waals surface area contributed by atoms with E-state index in [0.29, 0.717) is 5.69 Å². The largest absolute Gasteiger partial charge is 0.349 e. The molecule has 2 aromatic rings. The van der Waals surface area contributed by atoms with Crippen molar-refractivity contribution in [2.45, 2.75) is 30.0 Å². The molecule has 150 valence electrons. The Kier molecular flexibility index (Phi) is 7.80. The van der Waals surface area contributed by atoms with Gasteiger partial charge in [0.25, 0.3) is 5.91 Å². The molecule has 0 aliphatic carbocycles. The van der Waals surface area contributed by atoms with Gasteiger partial charge in [-0.15, -0.1) is 23.7 Å². The van der Waals surface area contributed by atoms with Crippen molar-refractivity contribution in [1.82, 2.24) is 25.1 Å². The lowest BCUT2D eigenvalue weighted by molar-refractivity contribution is 0.0948. The van der Waals surface area contributed by atoms with E-state index in [0.717, 1.165) is 30.8 Å². The van der Waals surface area contributed by atoms with E-state index >= 15 is 0 Å². The van der Waals surface area contributed by atoms with Crippen LogP contribution >= 0.6 is 23.7 Å². The molecule has 1 unspecified atom stereocenters. The minimum absolute atomic E-state index is 0. The van der Waals surface area contributed by atoms with Crippen molar-refractivity contribution < 1.29 is 13.2 Å². The Morgan fingerprint density at radius 1 is 1.37 bits per heavy atom. The molecule has 3 heterocycles. The lowest BCUT2D eigenvalue weighted by atomic mass is 10.1. The van der Waals surface area contributed by atoms with Gasteiger partial charge in [-0.2, -0.15) is 5.10 Å². The molecule has 1 atom stereocenters. The number of halogens is 1. The number of hydrogen-bond acceptors (Lipinski definition) is 6. The lowest BCUT2D eigenvalue weighted by Crippen LogP contribution is -2.35. The van der Waals surface area contributed by atoms with Gasteiger partial charge in [-0.05, 0) is 44.5 Å². The quantitative estimate of drug-likeness (QED) is 0.571. The predicted molar refractivity (Wildman–Crippen MR) is 107 cm³/mol. The summed E-state index contributed by atoms with van der Waals surface area (Å²) in [5.74, 6) is -0.307. The fraction of sp³-hybridized carbons (Fsp3) is 0.500. The molecule has 0 spiro atoms. The zero-order chi connectivity index (χ0) is 18.6. The predicted octanol–water partition coefficient (Wildman–Crippen LogP) is 1.31. The number of aromatic nitrogens is 2. The first-order valence-corrected chi connectivity index (χ1v) is 10.9. The van der Waals surface area contributed by atoms with Crippen LogP contribution in [0.5, 0.6) is 0 Å². The average Bonchev–Trinajstić information content (AvgIpc) is 3.29. The number of carbonyl (C=O) groups excluding carboxylic acids is 1. The second-order valence-corrected chi connectivity index (χ2v) is 9.48. The molecule has 0 saturated carbocycles. The van der Waals surface area contributed by atoms with Crippen molar-refractivity contribution in [3.05, 3.63) is 35.0 Å². The fourth-order valence-electron chi connectivity index (χ4n) is 2.80. The third-order valence-corrected chi connectivity index (χ3v) is 7.12. The number of thiophene rings is 1. The molecule has 3 N–H and O–H groups in total. The lowest BCUT2D eigenvalue weighted by Gasteiger charge is -2.22. The van der Waals surface area contributed by atoms with Crippen LogP contribution in [0.4, 0.5) is 0 Å². The molecule has 27 heavy (non-hydrogen) atoms. The number of nitrogens with zero attached hydrogens (tertiary/aromatic N) is 2. The molecular weight excluding hydrogens is 410 g/mol. The highest BCUT2D eigenvalue weighted by Crippen LogP contribution is 2.20. The molecule has 0 aromatic carbocycles. The van der Waals surface area contributed by atoms with Crippen molar-refractivity contribution in [2.24, 2.45) is 0 Å². The SMILES string of the molecule is Cc1ccc(S(=O)(=O)NCCNC(=O)c2ccn(C3CCCNC3)n2)s1.Cl. The summed E-state index contributed by atoms with van der Waals surface area (Å²) in [6.07, 6.45) is 3.95. The third kappa shape index (κ3) is 5.76. The number of aryl methyl sites for hydroxylation is 1. The van der Waals surface area contributed by atoms with Crippen LogP contribution in [0.2, 0.25) is 0 Å².